The van der Waals surface area contributed by atoms with Crippen molar-refractivity contribution in [1.82, 2.24) is 9.97 Å². The zero-order chi connectivity index (χ0) is 9.84. The summed E-state index contributed by atoms with van der Waals surface area (Å²) in [5.74, 6) is 0. The summed E-state index contributed by atoms with van der Waals surface area (Å²) in [4.78, 5) is 11.9. The average Bonchev–Trinajstić information content (AvgIpc) is 2.02. The summed E-state index contributed by atoms with van der Waals surface area (Å²) < 4.78 is 0. The van der Waals surface area contributed by atoms with Gasteiger partial charge in [-0.05, 0) is 24.9 Å². The van der Waals surface area contributed by atoms with Gasteiger partial charge in [0.2, 0.25) is 5.28 Å². The second-order valence-corrected chi connectivity index (χ2v) is 3.13. The number of nitrogens with zero attached hydrogens (tertiary/aromatic N) is 3. The van der Waals surface area contributed by atoms with E-state index in [1.54, 1.807) is 13.1 Å². The van der Waals surface area contributed by atoms with Gasteiger partial charge in [-0.3, -0.25) is 4.99 Å². The Bertz CT molecular complexity index is 313. The molecule has 0 bridgehead atoms. The van der Waals surface area contributed by atoms with Gasteiger partial charge >= 0.3 is 0 Å². The van der Waals surface area contributed by atoms with Gasteiger partial charge in [0.15, 0.2) is 5.15 Å². The Hall–Kier alpha value is -0.670. The normalized spacial score (nSPS) is 11.1. The quantitative estimate of drug-likeness (QED) is 0.434. The molecule has 0 atom stereocenters. The summed E-state index contributed by atoms with van der Waals surface area (Å²) in [7, 11) is 0. The zero-order valence-electron chi connectivity index (χ0n) is 7.38. The first-order valence-corrected chi connectivity index (χ1v) is 4.63. The van der Waals surface area contributed by atoms with E-state index < -0.39 is 0 Å². The van der Waals surface area contributed by atoms with E-state index in [9.17, 15) is 0 Å². The molecule has 13 heavy (non-hydrogen) atoms. The van der Waals surface area contributed by atoms with E-state index in [4.69, 9.17) is 23.2 Å². The fraction of sp³-hybridized carbons (Fsp3) is 0.375. The van der Waals surface area contributed by atoms with Gasteiger partial charge in [-0.1, -0.05) is 18.5 Å². The Balaban J connectivity index is 3.13. The van der Waals surface area contributed by atoms with Crippen molar-refractivity contribution in [1.29, 1.82) is 0 Å². The molecule has 0 aliphatic rings. The van der Waals surface area contributed by atoms with Gasteiger partial charge in [-0.2, -0.15) is 0 Å². The van der Waals surface area contributed by atoms with Crippen molar-refractivity contribution in [2.75, 3.05) is 0 Å². The Morgan fingerprint density at radius 2 is 2.08 bits per heavy atom. The predicted molar refractivity (Wildman–Crippen MR) is 55.2 cm³/mol. The molecule has 0 saturated heterocycles. The maximum absolute atomic E-state index is 5.82. The van der Waals surface area contributed by atoms with Crippen LogP contribution in [0.25, 0.3) is 0 Å². The number of aromatic nitrogens is 2. The van der Waals surface area contributed by atoms with E-state index >= 15 is 0 Å². The molecule has 0 radical (unpaired) electrons. The van der Waals surface area contributed by atoms with Gasteiger partial charge in [0.1, 0.15) is 5.69 Å². The molecule has 0 saturated carbocycles. The molecule has 0 N–H and O–H groups in total. The van der Waals surface area contributed by atoms with Crippen molar-refractivity contribution in [2.45, 2.75) is 20.3 Å². The van der Waals surface area contributed by atoms with Crippen molar-refractivity contribution in [3.05, 3.63) is 16.1 Å². The van der Waals surface area contributed by atoms with Gasteiger partial charge in [0.25, 0.3) is 0 Å². The largest absolute Gasteiger partial charge is 0.256 e. The van der Waals surface area contributed by atoms with Crippen LogP contribution < -0.4 is 0 Å². The van der Waals surface area contributed by atoms with Crippen LogP contribution in [0.3, 0.4) is 0 Å². The number of halogens is 2. The molecular formula is C8H9Cl2N3. The van der Waals surface area contributed by atoms with Crippen LogP contribution in [-0.4, -0.2) is 16.2 Å². The lowest BCUT2D eigenvalue weighted by molar-refractivity contribution is 1.09. The van der Waals surface area contributed by atoms with E-state index in [2.05, 4.69) is 15.0 Å². The van der Waals surface area contributed by atoms with E-state index in [1.807, 2.05) is 6.92 Å². The minimum absolute atomic E-state index is 0.151. The Morgan fingerprint density at radius 1 is 1.38 bits per heavy atom. The van der Waals surface area contributed by atoms with E-state index in [0.717, 1.165) is 6.42 Å². The molecule has 0 spiro atoms. The predicted octanol–water partition coefficient (Wildman–Crippen LogP) is 3.20. The maximum atomic E-state index is 5.82. The van der Waals surface area contributed by atoms with Crippen LogP contribution in [-0.2, 0) is 0 Å². The van der Waals surface area contributed by atoms with Crippen LogP contribution in [0.15, 0.2) is 4.99 Å². The van der Waals surface area contributed by atoms with Crippen molar-refractivity contribution in [3.63, 3.8) is 0 Å². The first kappa shape index (κ1) is 10.4. The molecular weight excluding hydrogens is 209 g/mol. The monoisotopic (exact) mass is 217 g/mol. The minimum Gasteiger partial charge on any atom is -0.256 e. The fourth-order valence-corrected chi connectivity index (χ4v) is 1.35. The number of aliphatic imine (C=N–C) groups is 1. The molecule has 0 unspecified atom stereocenters. The molecule has 5 heteroatoms. The summed E-state index contributed by atoms with van der Waals surface area (Å²) in [6, 6.07) is 0. The van der Waals surface area contributed by atoms with Gasteiger partial charge in [0.05, 0.1) is 5.69 Å². The highest BCUT2D eigenvalue weighted by Gasteiger charge is 2.06. The standard InChI is InChI=1S/C8H9Cl2N3/c1-3-4-11-6-5(2)12-8(10)13-7(6)9/h4H,3H2,1-2H3. The first-order valence-electron chi connectivity index (χ1n) is 3.87. The summed E-state index contributed by atoms with van der Waals surface area (Å²) in [5.41, 5.74) is 1.28. The maximum Gasteiger partial charge on any atom is 0.224 e. The van der Waals surface area contributed by atoms with Crippen LogP contribution in [0.4, 0.5) is 5.69 Å². The van der Waals surface area contributed by atoms with Gasteiger partial charge < -0.3 is 0 Å². The smallest absolute Gasteiger partial charge is 0.224 e. The summed E-state index contributed by atoms with van der Waals surface area (Å²) in [6.07, 6.45) is 2.60. The number of rotatable bonds is 2. The summed E-state index contributed by atoms with van der Waals surface area (Å²) in [6.45, 7) is 3.78. The van der Waals surface area contributed by atoms with E-state index in [-0.39, 0.29) is 5.28 Å². The second-order valence-electron chi connectivity index (χ2n) is 2.44. The first-order chi connectivity index (χ1) is 6.15. The molecule has 0 aromatic carbocycles. The molecule has 1 aromatic heterocycles. The van der Waals surface area contributed by atoms with Crippen LogP contribution in [0.2, 0.25) is 10.4 Å². The third-order valence-corrected chi connectivity index (χ3v) is 1.82. The fourth-order valence-electron chi connectivity index (χ4n) is 0.829. The minimum atomic E-state index is 0.151. The van der Waals surface area contributed by atoms with Gasteiger partial charge in [-0.15, -0.1) is 0 Å². The average molecular weight is 218 g/mol. The van der Waals surface area contributed by atoms with Crippen molar-refractivity contribution in [3.8, 4) is 0 Å². The lowest BCUT2D eigenvalue weighted by atomic mass is 10.4. The highest BCUT2D eigenvalue weighted by atomic mass is 35.5. The summed E-state index contributed by atoms with van der Waals surface area (Å²) >= 11 is 11.4. The molecule has 0 amide bonds. The number of hydrogen-bond acceptors (Lipinski definition) is 3. The van der Waals surface area contributed by atoms with Crippen LogP contribution in [0, 0.1) is 6.92 Å². The third kappa shape index (κ3) is 2.64. The Labute approximate surface area is 86.8 Å². The molecule has 0 aliphatic heterocycles. The molecule has 1 aromatic rings. The van der Waals surface area contributed by atoms with E-state index in [0.29, 0.717) is 16.5 Å². The van der Waals surface area contributed by atoms with Crippen LogP contribution in [0.1, 0.15) is 19.0 Å². The Kier molecular flexibility index (Phi) is 3.63. The lowest BCUT2D eigenvalue weighted by Crippen LogP contribution is -1.89. The topological polar surface area (TPSA) is 38.1 Å². The van der Waals surface area contributed by atoms with Gasteiger partial charge in [-0.25, -0.2) is 9.97 Å². The SMILES string of the molecule is CCC=Nc1c(C)nc(Cl)nc1Cl. The Morgan fingerprint density at radius 3 is 2.62 bits per heavy atom. The molecule has 3 nitrogen and oxygen atoms in total. The highest BCUT2D eigenvalue weighted by Crippen LogP contribution is 2.26. The van der Waals surface area contributed by atoms with Crippen LogP contribution >= 0.6 is 23.2 Å². The number of aryl methyl sites for hydroxylation is 1. The number of hydrogen-bond donors (Lipinski definition) is 0. The molecule has 0 aliphatic carbocycles. The second kappa shape index (κ2) is 4.53. The third-order valence-electron chi connectivity index (χ3n) is 1.39. The van der Waals surface area contributed by atoms with Crippen molar-refractivity contribution >= 4 is 35.1 Å². The van der Waals surface area contributed by atoms with E-state index in [1.165, 1.54) is 0 Å². The van der Waals surface area contributed by atoms with Crippen LogP contribution in [0.5, 0.6) is 0 Å². The molecule has 1 heterocycles. The zero-order valence-corrected chi connectivity index (χ0v) is 8.89. The molecule has 0 fully saturated rings. The van der Waals surface area contributed by atoms with Crippen molar-refractivity contribution in [2.24, 2.45) is 4.99 Å². The molecule has 1 rings (SSSR count). The summed E-state index contributed by atoms with van der Waals surface area (Å²) in [5, 5.41) is 0.445. The molecule has 70 valence electrons. The van der Waals surface area contributed by atoms with Crippen molar-refractivity contribution < 1.29 is 0 Å². The highest BCUT2D eigenvalue weighted by molar-refractivity contribution is 6.33. The van der Waals surface area contributed by atoms with Gasteiger partial charge in [0, 0.05) is 6.21 Å². The lowest BCUT2D eigenvalue weighted by Gasteiger charge is -2.00.